The molecule has 0 fully saturated rings. The van der Waals surface area contributed by atoms with Crippen LogP contribution in [0.5, 0.6) is 0 Å². The van der Waals surface area contributed by atoms with Gasteiger partial charge in [-0.3, -0.25) is 4.79 Å². The van der Waals surface area contributed by atoms with Gasteiger partial charge in [-0.1, -0.05) is 0 Å². The molecule has 0 aliphatic rings. The molecule has 1 aromatic carbocycles. The summed E-state index contributed by atoms with van der Waals surface area (Å²) in [6.07, 6.45) is 0. The molecular weight excluding hydrogens is 294 g/mol. The molecule has 1 unspecified atom stereocenters. The minimum Gasteiger partial charge on any atom is -0.478 e. The number of benzene rings is 1. The normalized spacial score (nSPS) is 12.1. The van der Waals surface area contributed by atoms with E-state index in [9.17, 15) is 9.59 Å². The van der Waals surface area contributed by atoms with E-state index < -0.39 is 11.9 Å². The van der Waals surface area contributed by atoms with Crippen LogP contribution in [0.2, 0.25) is 0 Å². The molecule has 1 rings (SSSR count). The number of hydrogen-bond acceptors (Lipinski definition) is 3. The van der Waals surface area contributed by atoms with E-state index in [0.29, 0.717) is 9.37 Å². The van der Waals surface area contributed by atoms with Gasteiger partial charge in [-0.2, -0.15) is 0 Å². The lowest BCUT2D eigenvalue weighted by molar-refractivity contribution is -0.117. The minimum atomic E-state index is -1.01. The van der Waals surface area contributed by atoms with Crippen molar-refractivity contribution < 1.29 is 14.7 Å². The fourth-order valence-electron chi connectivity index (χ4n) is 1.00. The third-order valence-corrected chi connectivity index (χ3v) is 3.69. The zero-order valence-corrected chi connectivity index (χ0v) is 10.8. The molecule has 0 heterocycles. The van der Waals surface area contributed by atoms with Crippen LogP contribution < -0.4 is 5.73 Å². The average molecular weight is 304 g/mol. The maximum atomic E-state index is 10.9. The van der Waals surface area contributed by atoms with Crippen molar-refractivity contribution in [1.82, 2.24) is 0 Å². The highest BCUT2D eigenvalue weighted by Gasteiger charge is 2.13. The molecule has 86 valence electrons. The topological polar surface area (TPSA) is 80.4 Å². The largest absolute Gasteiger partial charge is 0.478 e. The van der Waals surface area contributed by atoms with Crippen LogP contribution in [0.3, 0.4) is 0 Å². The second kappa shape index (κ2) is 5.36. The maximum Gasteiger partial charge on any atom is 0.336 e. The van der Waals surface area contributed by atoms with Crippen LogP contribution >= 0.6 is 27.7 Å². The first kappa shape index (κ1) is 13.1. The van der Waals surface area contributed by atoms with Crippen molar-refractivity contribution >= 4 is 39.6 Å². The number of amides is 1. The van der Waals surface area contributed by atoms with Gasteiger partial charge in [0.15, 0.2) is 0 Å². The molecule has 1 aromatic rings. The summed E-state index contributed by atoms with van der Waals surface area (Å²) in [7, 11) is 0. The molecule has 6 heteroatoms. The second-order valence-corrected chi connectivity index (χ2v) is 5.38. The predicted molar refractivity (Wildman–Crippen MR) is 65.6 cm³/mol. The number of hydrogen-bond donors (Lipinski definition) is 2. The molecule has 0 bridgehead atoms. The van der Waals surface area contributed by atoms with E-state index in [-0.39, 0.29) is 10.8 Å². The van der Waals surface area contributed by atoms with E-state index in [2.05, 4.69) is 15.9 Å². The number of carbonyl (C=O) groups is 2. The molecule has 16 heavy (non-hydrogen) atoms. The minimum absolute atomic E-state index is 0.168. The molecule has 0 aliphatic carbocycles. The van der Waals surface area contributed by atoms with Crippen molar-refractivity contribution in [2.45, 2.75) is 17.1 Å². The Kier molecular flexibility index (Phi) is 4.37. The number of rotatable bonds is 4. The Balaban J connectivity index is 2.95. The molecule has 1 atom stereocenters. The quantitative estimate of drug-likeness (QED) is 0.835. The number of primary amides is 1. The van der Waals surface area contributed by atoms with E-state index in [1.165, 1.54) is 17.8 Å². The van der Waals surface area contributed by atoms with Crippen LogP contribution in [0.1, 0.15) is 17.3 Å². The summed E-state index contributed by atoms with van der Waals surface area (Å²) in [5, 5.41) is 8.52. The highest BCUT2D eigenvalue weighted by molar-refractivity contribution is 9.10. The Hall–Kier alpha value is -1.01. The number of carbonyl (C=O) groups excluding carboxylic acids is 1. The van der Waals surface area contributed by atoms with E-state index in [0.717, 1.165) is 0 Å². The lowest BCUT2D eigenvalue weighted by atomic mass is 10.2. The van der Waals surface area contributed by atoms with Crippen molar-refractivity contribution in [3.05, 3.63) is 28.2 Å². The van der Waals surface area contributed by atoms with Crippen LogP contribution in [-0.2, 0) is 4.79 Å². The van der Waals surface area contributed by atoms with Gasteiger partial charge >= 0.3 is 5.97 Å². The Labute approximate surface area is 105 Å². The Morgan fingerprint density at radius 2 is 2.12 bits per heavy atom. The molecule has 0 radical (unpaired) electrons. The summed E-state index contributed by atoms with van der Waals surface area (Å²) in [5.74, 6) is -1.44. The number of aromatic carboxylic acids is 1. The smallest absolute Gasteiger partial charge is 0.336 e. The Morgan fingerprint density at radius 3 is 2.62 bits per heavy atom. The van der Waals surface area contributed by atoms with Crippen molar-refractivity contribution in [3.8, 4) is 0 Å². The van der Waals surface area contributed by atoms with Crippen LogP contribution in [-0.4, -0.2) is 22.2 Å². The first-order chi connectivity index (χ1) is 7.41. The van der Waals surface area contributed by atoms with Gasteiger partial charge in [0.25, 0.3) is 0 Å². The number of nitrogens with two attached hydrogens (primary N) is 1. The summed E-state index contributed by atoms with van der Waals surface area (Å²) in [4.78, 5) is 22.4. The average Bonchev–Trinajstić information content (AvgIpc) is 2.20. The fourth-order valence-corrected chi connectivity index (χ4v) is 2.28. The summed E-state index contributed by atoms with van der Waals surface area (Å²) in [6.45, 7) is 1.68. The fraction of sp³-hybridized carbons (Fsp3) is 0.200. The van der Waals surface area contributed by atoms with E-state index in [1.54, 1.807) is 19.1 Å². The van der Waals surface area contributed by atoms with Crippen molar-refractivity contribution in [3.63, 3.8) is 0 Å². The molecule has 0 aliphatic heterocycles. The monoisotopic (exact) mass is 303 g/mol. The number of halogens is 1. The second-order valence-electron chi connectivity index (χ2n) is 3.11. The standard InChI is InChI=1S/C10H10BrNO3S/c1-5(9(12)13)16-6-2-3-8(11)7(4-6)10(14)15/h2-5H,1H3,(H2,12,13)(H,14,15). The lowest BCUT2D eigenvalue weighted by Gasteiger charge is -2.08. The van der Waals surface area contributed by atoms with Crippen molar-refractivity contribution in [2.24, 2.45) is 5.73 Å². The van der Waals surface area contributed by atoms with Gasteiger partial charge in [-0.25, -0.2) is 4.79 Å². The molecule has 3 N–H and O–H groups in total. The molecule has 0 saturated heterocycles. The van der Waals surface area contributed by atoms with Crippen LogP contribution in [0, 0.1) is 0 Å². The van der Waals surface area contributed by atoms with Gasteiger partial charge in [-0.15, -0.1) is 11.8 Å². The molecule has 4 nitrogen and oxygen atoms in total. The summed E-state index contributed by atoms with van der Waals surface area (Å²) in [5.41, 5.74) is 5.29. The number of carboxylic acid groups (broad SMARTS) is 1. The van der Waals surface area contributed by atoms with Gasteiger partial charge in [0, 0.05) is 9.37 Å². The van der Waals surface area contributed by atoms with E-state index in [4.69, 9.17) is 10.8 Å². The van der Waals surface area contributed by atoms with Gasteiger partial charge < -0.3 is 10.8 Å². The zero-order valence-electron chi connectivity index (χ0n) is 8.44. The molecule has 0 saturated carbocycles. The van der Waals surface area contributed by atoms with Crippen LogP contribution in [0.15, 0.2) is 27.6 Å². The van der Waals surface area contributed by atoms with Crippen LogP contribution in [0.4, 0.5) is 0 Å². The van der Waals surface area contributed by atoms with Crippen molar-refractivity contribution in [1.29, 1.82) is 0 Å². The third kappa shape index (κ3) is 3.24. The highest BCUT2D eigenvalue weighted by atomic mass is 79.9. The molecule has 1 amide bonds. The summed E-state index contributed by atoms with van der Waals surface area (Å²) >= 11 is 4.38. The van der Waals surface area contributed by atoms with Crippen molar-refractivity contribution in [2.75, 3.05) is 0 Å². The van der Waals surface area contributed by atoms with Gasteiger partial charge in [-0.05, 0) is 41.1 Å². The van der Waals surface area contributed by atoms with Gasteiger partial charge in [0.2, 0.25) is 5.91 Å². The number of thioether (sulfide) groups is 1. The predicted octanol–water partition coefficient (Wildman–Crippen LogP) is 2.11. The van der Waals surface area contributed by atoms with Crippen LogP contribution in [0.25, 0.3) is 0 Å². The first-order valence-electron chi connectivity index (χ1n) is 4.40. The lowest BCUT2D eigenvalue weighted by Crippen LogP contribution is -2.22. The molecule has 0 spiro atoms. The SMILES string of the molecule is CC(Sc1ccc(Br)c(C(=O)O)c1)C(N)=O. The molecular formula is C10H10BrNO3S. The third-order valence-electron chi connectivity index (χ3n) is 1.88. The zero-order chi connectivity index (χ0) is 12.3. The molecule has 0 aromatic heterocycles. The summed E-state index contributed by atoms with van der Waals surface area (Å²) < 4.78 is 0.510. The maximum absolute atomic E-state index is 10.9. The summed E-state index contributed by atoms with van der Waals surface area (Å²) in [6, 6.07) is 4.89. The highest BCUT2D eigenvalue weighted by Crippen LogP contribution is 2.27. The van der Waals surface area contributed by atoms with Gasteiger partial charge in [0.1, 0.15) is 0 Å². The van der Waals surface area contributed by atoms with E-state index >= 15 is 0 Å². The Bertz CT molecular complexity index is 436. The van der Waals surface area contributed by atoms with E-state index in [1.807, 2.05) is 0 Å². The van der Waals surface area contributed by atoms with Gasteiger partial charge in [0.05, 0.1) is 10.8 Å². The first-order valence-corrected chi connectivity index (χ1v) is 6.08. The Morgan fingerprint density at radius 1 is 1.50 bits per heavy atom. The number of carboxylic acids is 1.